The number of H-pyrrole nitrogens is 1. The number of aromatic nitrogens is 3. The number of nitrogens with zero attached hydrogens (tertiary/aromatic N) is 3. The van der Waals surface area contributed by atoms with Gasteiger partial charge in [0.2, 0.25) is 0 Å². The number of rotatable bonds is 5. The molecule has 0 spiro atoms. The molecule has 0 saturated carbocycles. The highest BCUT2D eigenvalue weighted by molar-refractivity contribution is 6.42. The summed E-state index contributed by atoms with van der Waals surface area (Å²) in [7, 11) is 13.8. The summed E-state index contributed by atoms with van der Waals surface area (Å²) in [5, 5.41) is 16.0. The van der Waals surface area contributed by atoms with Crippen LogP contribution in [0.15, 0.2) is 42.7 Å². The summed E-state index contributed by atoms with van der Waals surface area (Å²) in [5.41, 5.74) is 0.665. The van der Waals surface area contributed by atoms with Crippen LogP contribution in [-0.2, 0) is 5.21 Å². The molecule has 0 bridgehead atoms. The molecule has 1 aromatic carbocycles. The number of nitro benzene ring substituents is 1. The number of non-ortho nitro benzene ring substituents is 1. The Morgan fingerprint density at radius 2 is 2.08 bits per heavy atom. The van der Waals surface area contributed by atoms with Crippen molar-refractivity contribution in [1.29, 1.82) is 0 Å². The summed E-state index contributed by atoms with van der Waals surface area (Å²) in [5.74, 6) is -0.485. The number of hydrogen-bond acceptors (Lipinski definition) is 5. The molecule has 3 aromatic rings. The van der Waals surface area contributed by atoms with E-state index in [0.29, 0.717) is 5.56 Å². The van der Waals surface area contributed by atoms with Crippen LogP contribution in [0.3, 0.4) is 0 Å². The number of aromatic amines is 1. The van der Waals surface area contributed by atoms with Gasteiger partial charge in [-0.2, -0.15) is 5.10 Å². The summed E-state index contributed by atoms with van der Waals surface area (Å²) in [6.45, 7) is 0. The Balaban J connectivity index is 2.17. The Labute approximate surface area is 150 Å². The molecule has 0 saturated heterocycles. The van der Waals surface area contributed by atoms with Gasteiger partial charge in [0.05, 0.1) is 40.0 Å². The number of halogens is 1. The maximum Gasteiger partial charge on any atom is 0.273 e. The molecule has 0 fully saturated rings. The highest BCUT2D eigenvalue weighted by Gasteiger charge is 2.26. The SMILES string of the molecule is [B]C([B])(c1cn[nH]c1)c1ccc(OC)c(-c2cc(F)cc([N+](=O)[O-])c2)n1. The van der Waals surface area contributed by atoms with Crippen LogP contribution in [0.2, 0.25) is 0 Å². The summed E-state index contributed by atoms with van der Waals surface area (Å²) in [4.78, 5) is 14.7. The molecule has 0 aliphatic carbocycles. The Morgan fingerprint density at radius 3 is 2.69 bits per heavy atom. The van der Waals surface area contributed by atoms with Crippen LogP contribution >= 0.6 is 0 Å². The van der Waals surface area contributed by atoms with Crippen molar-refractivity contribution in [3.05, 3.63) is 69.9 Å². The van der Waals surface area contributed by atoms with Gasteiger partial charge in [-0.1, -0.05) is 0 Å². The average molecular weight is 348 g/mol. The molecular formula is C16H11B2FN4O3. The zero-order valence-electron chi connectivity index (χ0n) is 13.6. The topological polar surface area (TPSA) is 93.9 Å². The summed E-state index contributed by atoms with van der Waals surface area (Å²) >= 11 is 0. The molecular weight excluding hydrogens is 337 g/mol. The third-order valence-corrected chi connectivity index (χ3v) is 3.84. The van der Waals surface area contributed by atoms with Crippen molar-refractivity contribution in [3.63, 3.8) is 0 Å². The minimum Gasteiger partial charge on any atom is -0.494 e. The Morgan fingerprint density at radius 1 is 1.31 bits per heavy atom. The predicted octanol–water partition coefficient (Wildman–Crippen LogP) is 2.07. The Hall–Kier alpha value is -3.16. The van der Waals surface area contributed by atoms with E-state index in [0.717, 1.165) is 12.1 Å². The number of nitro groups is 1. The fourth-order valence-corrected chi connectivity index (χ4v) is 2.49. The lowest BCUT2D eigenvalue weighted by molar-refractivity contribution is -0.385. The highest BCUT2D eigenvalue weighted by atomic mass is 19.1. The third-order valence-electron chi connectivity index (χ3n) is 3.84. The summed E-state index contributed by atoms with van der Waals surface area (Å²) < 4.78 is 19.1. The minimum atomic E-state index is -1.48. The van der Waals surface area contributed by atoms with Gasteiger partial charge in [0, 0.05) is 23.5 Å². The molecule has 0 aliphatic rings. The van der Waals surface area contributed by atoms with E-state index in [1.807, 2.05) is 0 Å². The first-order valence-electron chi connectivity index (χ1n) is 7.41. The second-order valence-corrected chi connectivity index (χ2v) is 5.56. The van der Waals surface area contributed by atoms with Gasteiger partial charge < -0.3 is 4.74 Å². The smallest absolute Gasteiger partial charge is 0.273 e. The van der Waals surface area contributed by atoms with E-state index in [9.17, 15) is 14.5 Å². The van der Waals surface area contributed by atoms with E-state index in [1.165, 1.54) is 25.6 Å². The first kappa shape index (κ1) is 17.7. The van der Waals surface area contributed by atoms with Gasteiger partial charge in [0.1, 0.15) is 17.3 Å². The lowest BCUT2D eigenvalue weighted by atomic mass is 9.50. The molecule has 1 N–H and O–H groups in total. The van der Waals surface area contributed by atoms with Gasteiger partial charge in [-0.3, -0.25) is 15.2 Å². The van der Waals surface area contributed by atoms with Crippen molar-refractivity contribution in [2.75, 3.05) is 7.11 Å². The molecule has 0 unspecified atom stereocenters. The second-order valence-electron chi connectivity index (χ2n) is 5.56. The van der Waals surface area contributed by atoms with Crippen LogP contribution < -0.4 is 4.74 Å². The minimum absolute atomic E-state index is 0.165. The van der Waals surface area contributed by atoms with Crippen molar-refractivity contribution in [2.45, 2.75) is 5.21 Å². The van der Waals surface area contributed by atoms with Crippen LogP contribution in [0.1, 0.15) is 11.3 Å². The molecule has 7 nitrogen and oxygen atoms in total. The van der Waals surface area contributed by atoms with Crippen molar-refractivity contribution in [3.8, 4) is 17.0 Å². The highest BCUT2D eigenvalue weighted by Crippen LogP contribution is 2.34. The monoisotopic (exact) mass is 348 g/mol. The zero-order valence-corrected chi connectivity index (χ0v) is 13.6. The number of hydrogen-bond donors (Lipinski definition) is 1. The van der Waals surface area contributed by atoms with Crippen molar-refractivity contribution in [2.24, 2.45) is 0 Å². The van der Waals surface area contributed by atoms with Gasteiger partial charge in [-0.05, 0) is 29.0 Å². The molecule has 0 amide bonds. The first-order chi connectivity index (χ1) is 12.3. The lowest BCUT2D eigenvalue weighted by Gasteiger charge is -2.25. The van der Waals surface area contributed by atoms with Crippen LogP contribution in [-0.4, -0.2) is 42.9 Å². The maximum atomic E-state index is 13.8. The van der Waals surface area contributed by atoms with E-state index < -0.39 is 21.6 Å². The Kier molecular flexibility index (Phi) is 4.50. The predicted molar refractivity (Wildman–Crippen MR) is 93.7 cm³/mol. The van der Waals surface area contributed by atoms with Crippen LogP contribution in [0.25, 0.3) is 11.3 Å². The lowest BCUT2D eigenvalue weighted by Crippen LogP contribution is -2.29. The molecule has 4 radical (unpaired) electrons. The van der Waals surface area contributed by atoms with Crippen LogP contribution in [0, 0.1) is 15.9 Å². The van der Waals surface area contributed by atoms with Gasteiger partial charge >= 0.3 is 0 Å². The summed E-state index contributed by atoms with van der Waals surface area (Å²) in [6.07, 6.45) is 2.98. The zero-order chi connectivity index (χ0) is 18.9. The number of nitrogens with one attached hydrogen (secondary N) is 1. The van der Waals surface area contributed by atoms with E-state index in [1.54, 1.807) is 12.1 Å². The van der Waals surface area contributed by atoms with Crippen molar-refractivity contribution >= 4 is 21.4 Å². The standard InChI is InChI=1S/C16H11B2FN4O3/c1-26-13-2-3-14(16(17,18)10-7-20-21-8-10)22-15(13)9-4-11(19)6-12(5-9)23(24)25/h2-8H,1H3,(H,20,21). The maximum absolute atomic E-state index is 13.8. The van der Waals surface area contributed by atoms with E-state index in [2.05, 4.69) is 15.2 Å². The number of pyridine rings is 1. The molecule has 0 aliphatic heterocycles. The second kappa shape index (κ2) is 6.62. The number of methoxy groups -OCH3 is 1. The molecule has 0 atom stereocenters. The molecule has 126 valence electrons. The van der Waals surface area contributed by atoms with Gasteiger partial charge in [0.15, 0.2) is 0 Å². The quantitative estimate of drug-likeness (QED) is 0.433. The average Bonchev–Trinajstić information content (AvgIpc) is 3.16. The van der Waals surface area contributed by atoms with E-state index >= 15 is 0 Å². The fraction of sp³-hybridized carbons (Fsp3) is 0.125. The number of benzene rings is 1. The van der Waals surface area contributed by atoms with Gasteiger partial charge in [-0.15, -0.1) is 0 Å². The van der Waals surface area contributed by atoms with Gasteiger partial charge in [0.25, 0.3) is 5.69 Å². The molecule has 2 heterocycles. The largest absolute Gasteiger partial charge is 0.494 e. The normalized spacial score (nSPS) is 11.3. The molecule has 2 aromatic heterocycles. The molecule has 26 heavy (non-hydrogen) atoms. The van der Waals surface area contributed by atoms with Crippen molar-refractivity contribution < 1.29 is 14.1 Å². The first-order valence-corrected chi connectivity index (χ1v) is 7.41. The van der Waals surface area contributed by atoms with Crippen LogP contribution in [0.5, 0.6) is 5.75 Å². The molecule has 10 heteroatoms. The molecule has 3 rings (SSSR count). The third kappa shape index (κ3) is 3.17. The Bertz CT molecular complexity index is 964. The summed E-state index contributed by atoms with van der Waals surface area (Å²) in [6, 6.07) is 6.26. The van der Waals surface area contributed by atoms with Gasteiger partial charge in [-0.25, -0.2) is 9.37 Å². The van der Waals surface area contributed by atoms with Crippen molar-refractivity contribution in [1.82, 2.24) is 15.2 Å². The van der Waals surface area contributed by atoms with E-state index in [-0.39, 0.29) is 22.7 Å². The fourth-order valence-electron chi connectivity index (χ4n) is 2.49. The van der Waals surface area contributed by atoms with Crippen LogP contribution in [0.4, 0.5) is 10.1 Å². The van der Waals surface area contributed by atoms with E-state index in [4.69, 9.17) is 20.4 Å². The number of ether oxygens (including phenoxy) is 1.